The summed E-state index contributed by atoms with van der Waals surface area (Å²) in [6, 6.07) is 3.55. The predicted molar refractivity (Wildman–Crippen MR) is 113 cm³/mol. The standard InChI is InChI=1S/C25H34F4O/c1-2-18-7-12-21(13-8-18)22-14-9-19(10-15-22)5-3-4-6-20-11-16-24(23(26)17-20)30-25(27,28)29/h4,6,11,16-19,21-22H,2-3,5,7-10,12-15H2,1H3/b6-4-. The van der Waals surface area contributed by atoms with Gasteiger partial charge in [0, 0.05) is 0 Å². The molecule has 0 aromatic heterocycles. The second-order valence-corrected chi connectivity index (χ2v) is 9.19. The molecule has 1 aromatic rings. The lowest BCUT2D eigenvalue weighted by molar-refractivity contribution is -0.275. The molecule has 5 heteroatoms. The molecule has 168 valence electrons. The predicted octanol–water partition coefficient (Wildman–Crippen LogP) is 8.54. The third kappa shape index (κ3) is 7.02. The molecule has 3 rings (SSSR count). The summed E-state index contributed by atoms with van der Waals surface area (Å²) in [6.07, 6.45) is 13.3. The van der Waals surface area contributed by atoms with Crippen molar-refractivity contribution in [2.75, 3.05) is 0 Å². The Balaban J connectivity index is 1.37. The van der Waals surface area contributed by atoms with Crippen molar-refractivity contribution < 1.29 is 22.3 Å². The van der Waals surface area contributed by atoms with Crippen molar-refractivity contribution in [2.45, 2.75) is 83.9 Å². The largest absolute Gasteiger partial charge is 0.573 e. The summed E-state index contributed by atoms with van der Waals surface area (Å²) in [4.78, 5) is 0. The molecule has 0 N–H and O–H groups in total. The molecule has 0 unspecified atom stereocenters. The van der Waals surface area contributed by atoms with Crippen LogP contribution in [0, 0.1) is 29.5 Å². The van der Waals surface area contributed by atoms with Crippen molar-refractivity contribution in [1.82, 2.24) is 0 Å². The van der Waals surface area contributed by atoms with Crippen molar-refractivity contribution in [2.24, 2.45) is 23.7 Å². The van der Waals surface area contributed by atoms with Crippen molar-refractivity contribution in [3.8, 4) is 5.75 Å². The minimum atomic E-state index is -4.88. The SMILES string of the molecule is CCC1CCC(C2CCC(CC/C=C\c3ccc(OC(F)(F)F)c(F)c3)CC2)CC1. The van der Waals surface area contributed by atoms with Gasteiger partial charge < -0.3 is 4.74 Å². The second kappa shape index (κ2) is 10.7. The van der Waals surface area contributed by atoms with E-state index in [-0.39, 0.29) is 0 Å². The highest BCUT2D eigenvalue weighted by molar-refractivity contribution is 5.51. The number of hydrogen-bond acceptors (Lipinski definition) is 1. The van der Waals surface area contributed by atoms with E-state index in [0.29, 0.717) is 5.56 Å². The lowest BCUT2D eigenvalue weighted by atomic mass is 9.68. The molecule has 2 saturated carbocycles. The Morgan fingerprint density at radius 1 is 0.933 bits per heavy atom. The van der Waals surface area contributed by atoms with Gasteiger partial charge in [-0.05, 0) is 79.9 Å². The van der Waals surface area contributed by atoms with Gasteiger partial charge in [0.05, 0.1) is 0 Å². The number of alkyl halides is 3. The third-order valence-electron chi connectivity index (χ3n) is 7.26. The Morgan fingerprint density at radius 3 is 2.07 bits per heavy atom. The number of hydrogen-bond donors (Lipinski definition) is 0. The number of allylic oxidation sites excluding steroid dienone is 1. The molecule has 2 fully saturated rings. The Kier molecular flexibility index (Phi) is 8.24. The van der Waals surface area contributed by atoms with Crippen LogP contribution in [0.2, 0.25) is 0 Å². The molecule has 1 nitrogen and oxygen atoms in total. The molecular formula is C25H34F4O. The van der Waals surface area contributed by atoms with Gasteiger partial charge in [0.25, 0.3) is 0 Å². The molecule has 0 radical (unpaired) electrons. The van der Waals surface area contributed by atoms with E-state index < -0.39 is 17.9 Å². The first-order chi connectivity index (χ1) is 14.3. The van der Waals surface area contributed by atoms with Gasteiger partial charge in [-0.1, -0.05) is 57.2 Å². The highest BCUT2D eigenvalue weighted by atomic mass is 19.4. The molecule has 0 spiro atoms. The van der Waals surface area contributed by atoms with Crippen LogP contribution in [0.1, 0.15) is 83.1 Å². The Hall–Kier alpha value is -1.52. The van der Waals surface area contributed by atoms with Crippen LogP contribution in [-0.4, -0.2) is 6.36 Å². The number of ether oxygens (including phenoxy) is 1. The molecule has 2 aliphatic carbocycles. The number of benzene rings is 1. The van der Waals surface area contributed by atoms with Gasteiger partial charge >= 0.3 is 6.36 Å². The number of rotatable bonds is 7. The fourth-order valence-corrected chi connectivity index (χ4v) is 5.40. The van der Waals surface area contributed by atoms with Gasteiger partial charge in [-0.2, -0.15) is 0 Å². The molecule has 1 aromatic carbocycles. The van der Waals surface area contributed by atoms with E-state index in [0.717, 1.165) is 48.6 Å². The second-order valence-electron chi connectivity index (χ2n) is 9.19. The smallest absolute Gasteiger partial charge is 0.403 e. The lowest BCUT2D eigenvalue weighted by Gasteiger charge is -2.37. The first kappa shape index (κ1) is 23.1. The molecule has 0 bridgehead atoms. The summed E-state index contributed by atoms with van der Waals surface area (Å²) in [6.45, 7) is 2.32. The minimum Gasteiger partial charge on any atom is -0.403 e. The zero-order valence-corrected chi connectivity index (χ0v) is 17.9. The first-order valence-electron chi connectivity index (χ1n) is 11.6. The topological polar surface area (TPSA) is 9.23 Å². The molecule has 0 heterocycles. The minimum absolute atomic E-state index is 0.549. The average Bonchev–Trinajstić information content (AvgIpc) is 2.73. The van der Waals surface area contributed by atoms with E-state index in [1.165, 1.54) is 63.9 Å². The van der Waals surface area contributed by atoms with Gasteiger partial charge in [0.1, 0.15) is 0 Å². The van der Waals surface area contributed by atoms with Crippen LogP contribution in [0.25, 0.3) is 6.08 Å². The lowest BCUT2D eigenvalue weighted by Crippen LogP contribution is -2.25. The van der Waals surface area contributed by atoms with Crippen LogP contribution < -0.4 is 4.74 Å². The van der Waals surface area contributed by atoms with Crippen LogP contribution in [0.5, 0.6) is 5.75 Å². The highest BCUT2D eigenvalue weighted by Crippen LogP contribution is 2.42. The Labute approximate surface area is 177 Å². The Morgan fingerprint density at radius 2 is 1.53 bits per heavy atom. The van der Waals surface area contributed by atoms with E-state index in [1.54, 1.807) is 6.08 Å². The molecule has 0 atom stereocenters. The highest BCUT2D eigenvalue weighted by Gasteiger charge is 2.32. The van der Waals surface area contributed by atoms with Gasteiger partial charge in [-0.25, -0.2) is 4.39 Å². The monoisotopic (exact) mass is 426 g/mol. The Bertz CT molecular complexity index is 681. The van der Waals surface area contributed by atoms with Crippen molar-refractivity contribution in [1.29, 1.82) is 0 Å². The van der Waals surface area contributed by atoms with Gasteiger partial charge in [0.15, 0.2) is 11.6 Å². The molecule has 30 heavy (non-hydrogen) atoms. The maximum atomic E-state index is 13.8. The van der Waals surface area contributed by atoms with Gasteiger partial charge in [-0.15, -0.1) is 13.2 Å². The number of halogens is 4. The summed E-state index contributed by atoms with van der Waals surface area (Å²) < 4.78 is 54.0. The molecule has 0 aliphatic heterocycles. The van der Waals surface area contributed by atoms with Gasteiger partial charge in [-0.3, -0.25) is 0 Å². The van der Waals surface area contributed by atoms with E-state index in [9.17, 15) is 17.6 Å². The average molecular weight is 427 g/mol. The van der Waals surface area contributed by atoms with Crippen molar-refractivity contribution in [3.63, 3.8) is 0 Å². The van der Waals surface area contributed by atoms with E-state index in [2.05, 4.69) is 11.7 Å². The van der Waals surface area contributed by atoms with Crippen LogP contribution in [-0.2, 0) is 0 Å². The summed E-state index contributed by atoms with van der Waals surface area (Å²) in [7, 11) is 0. The maximum Gasteiger partial charge on any atom is 0.573 e. The summed E-state index contributed by atoms with van der Waals surface area (Å²) >= 11 is 0. The zero-order chi connectivity index (χ0) is 21.6. The van der Waals surface area contributed by atoms with E-state index in [4.69, 9.17) is 0 Å². The van der Waals surface area contributed by atoms with Crippen molar-refractivity contribution >= 4 is 6.08 Å². The van der Waals surface area contributed by atoms with E-state index >= 15 is 0 Å². The summed E-state index contributed by atoms with van der Waals surface area (Å²) in [5.41, 5.74) is 0.549. The summed E-state index contributed by atoms with van der Waals surface area (Å²) in [5, 5.41) is 0. The van der Waals surface area contributed by atoms with Crippen LogP contribution >= 0.6 is 0 Å². The third-order valence-corrected chi connectivity index (χ3v) is 7.26. The normalized spacial score (nSPS) is 28.0. The van der Waals surface area contributed by atoms with E-state index in [1.807, 2.05) is 6.08 Å². The van der Waals surface area contributed by atoms with Gasteiger partial charge in [0.2, 0.25) is 0 Å². The molecule has 0 amide bonds. The fraction of sp³-hybridized carbons (Fsp3) is 0.680. The maximum absolute atomic E-state index is 13.8. The van der Waals surface area contributed by atoms with Crippen LogP contribution in [0.4, 0.5) is 17.6 Å². The molecule has 0 saturated heterocycles. The van der Waals surface area contributed by atoms with Crippen LogP contribution in [0.15, 0.2) is 24.3 Å². The fourth-order valence-electron chi connectivity index (χ4n) is 5.40. The molecule has 2 aliphatic rings. The summed E-state index contributed by atoms with van der Waals surface area (Å²) in [5.74, 6) is 1.81. The first-order valence-corrected chi connectivity index (χ1v) is 11.6. The molecular weight excluding hydrogens is 392 g/mol. The zero-order valence-electron chi connectivity index (χ0n) is 17.9. The van der Waals surface area contributed by atoms with Crippen LogP contribution in [0.3, 0.4) is 0 Å². The van der Waals surface area contributed by atoms with Crippen molar-refractivity contribution in [3.05, 3.63) is 35.7 Å². The quantitative estimate of drug-likeness (QED) is 0.397.